The molecule has 0 unspecified atom stereocenters. The third-order valence-corrected chi connectivity index (χ3v) is 3.92. The van der Waals surface area contributed by atoms with E-state index in [1.807, 2.05) is 6.07 Å². The highest BCUT2D eigenvalue weighted by Gasteiger charge is 2.08. The molecule has 0 amide bonds. The summed E-state index contributed by atoms with van der Waals surface area (Å²) in [5, 5.41) is 9.83. The molecule has 0 aromatic heterocycles. The molecule has 0 fully saturated rings. The van der Waals surface area contributed by atoms with Gasteiger partial charge >= 0.3 is 5.97 Å². The minimum absolute atomic E-state index is 0.193. The van der Waals surface area contributed by atoms with Gasteiger partial charge in [-0.05, 0) is 51.8 Å². The lowest BCUT2D eigenvalue weighted by Gasteiger charge is -2.09. The summed E-state index contributed by atoms with van der Waals surface area (Å²) in [6, 6.07) is 9.82. The van der Waals surface area contributed by atoms with Crippen LogP contribution in [0.25, 0.3) is 0 Å². The smallest absolute Gasteiger partial charge is 0.335 e. The van der Waals surface area contributed by atoms with Crippen molar-refractivity contribution in [2.45, 2.75) is 6.61 Å². The molecule has 0 spiro atoms. The number of carbonyl (C=O) groups is 1. The number of rotatable bonds is 4. The number of halogens is 3. The van der Waals surface area contributed by atoms with Crippen molar-refractivity contribution >= 4 is 45.1 Å². The largest absolute Gasteiger partial charge is 0.488 e. The molecule has 104 valence electrons. The average molecular weight is 376 g/mol. The van der Waals surface area contributed by atoms with Crippen LogP contribution in [-0.2, 0) is 6.61 Å². The fourth-order valence-electron chi connectivity index (χ4n) is 1.54. The second-order valence-corrected chi connectivity index (χ2v) is 5.66. The van der Waals surface area contributed by atoms with Crippen molar-refractivity contribution in [2.75, 3.05) is 0 Å². The summed E-state index contributed by atoms with van der Waals surface area (Å²) >= 11 is 15.0. The van der Waals surface area contributed by atoms with Gasteiger partial charge < -0.3 is 9.84 Å². The van der Waals surface area contributed by atoms with Crippen molar-refractivity contribution in [3.63, 3.8) is 0 Å². The molecule has 2 rings (SSSR count). The summed E-state index contributed by atoms with van der Waals surface area (Å²) in [6.45, 7) is 0.307. The topological polar surface area (TPSA) is 46.5 Å². The van der Waals surface area contributed by atoms with E-state index in [9.17, 15) is 4.79 Å². The van der Waals surface area contributed by atoms with Crippen LogP contribution < -0.4 is 4.74 Å². The van der Waals surface area contributed by atoms with Gasteiger partial charge in [-0.3, -0.25) is 0 Å². The van der Waals surface area contributed by atoms with Gasteiger partial charge in [0.15, 0.2) is 0 Å². The molecule has 3 nitrogen and oxygen atoms in total. The third kappa shape index (κ3) is 3.66. The lowest BCUT2D eigenvalue weighted by atomic mass is 10.2. The predicted molar refractivity (Wildman–Crippen MR) is 81.9 cm³/mol. The molecule has 0 radical (unpaired) electrons. The van der Waals surface area contributed by atoms with Crippen LogP contribution in [0.5, 0.6) is 5.75 Å². The molecular formula is C14H9BrCl2O3. The van der Waals surface area contributed by atoms with Crippen LogP contribution in [0.2, 0.25) is 10.0 Å². The molecular weight excluding hydrogens is 367 g/mol. The first kappa shape index (κ1) is 15.2. The van der Waals surface area contributed by atoms with E-state index in [1.54, 1.807) is 18.2 Å². The molecule has 0 aliphatic heterocycles. The maximum Gasteiger partial charge on any atom is 0.335 e. The fourth-order valence-corrected chi connectivity index (χ4v) is 2.36. The Balaban J connectivity index is 2.10. The monoisotopic (exact) mass is 374 g/mol. The second kappa shape index (κ2) is 6.48. The molecule has 2 aromatic rings. The van der Waals surface area contributed by atoms with Crippen molar-refractivity contribution in [3.05, 3.63) is 62.0 Å². The lowest BCUT2D eigenvalue weighted by Crippen LogP contribution is -1.99. The van der Waals surface area contributed by atoms with E-state index in [4.69, 9.17) is 33.0 Å². The van der Waals surface area contributed by atoms with Crippen LogP contribution in [-0.4, -0.2) is 11.1 Å². The zero-order valence-electron chi connectivity index (χ0n) is 10.1. The van der Waals surface area contributed by atoms with Gasteiger partial charge in [0.2, 0.25) is 0 Å². The number of benzene rings is 2. The molecule has 0 heterocycles. The Morgan fingerprint density at radius 3 is 2.50 bits per heavy atom. The van der Waals surface area contributed by atoms with Gasteiger partial charge in [0.25, 0.3) is 0 Å². The van der Waals surface area contributed by atoms with Crippen LogP contribution in [0.15, 0.2) is 40.9 Å². The summed E-state index contributed by atoms with van der Waals surface area (Å²) in [5.41, 5.74) is 1.06. The Kier molecular flexibility index (Phi) is 4.91. The summed E-state index contributed by atoms with van der Waals surface area (Å²) in [6.07, 6.45) is 0. The van der Waals surface area contributed by atoms with Crippen molar-refractivity contribution < 1.29 is 14.6 Å². The highest BCUT2D eigenvalue weighted by Crippen LogP contribution is 2.28. The first-order valence-electron chi connectivity index (χ1n) is 5.57. The van der Waals surface area contributed by atoms with E-state index in [0.29, 0.717) is 26.9 Å². The molecule has 2 aromatic carbocycles. The van der Waals surface area contributed by atoms with Gasteiger partial charge in [-0.2, -0.15) is 0 Å². The van der Waals surface area contributed by atoms with Gasteiger partial charge in [-0.15, -0.1) is 0 Å². The maximum atomic E-state index is 10.8. The Bertz CT molecular complexity index is 659. The summed E-state index contributed by atoms with van der Waals surface area (Å²) in [7, 11) is 0. The Labute approximate surface area is 134 Å². The predicted octanol–water partition coefficient (Wildman–Crippen LogP) is 5.03. The number of hydrogen-bond donors (Lipinski definition) is 1. The molecule has 1 N–H and O–H groups in total. The Morgan fingerprint density at radius 1 is 1.15 bits per heavy atom. The van der Waals surface area contributed by atoms with Gasteiger partial charge in [0, 0.05) is 0 Å². The highest BCUT2D eigenvalue weighted by atomic mass is 79.9. The normalized spacial score (nSPS) is 10.3. The molecule has 0 aliphatic carbocycles. The molecule has 6 heteroatoms. The van der Waals surface area contributed by atoms with E-state index < -0.39 is 5.97 Å². The summed E-state index contributed by atoms with van der Waals surface area (Å²) in [5.74, 6) is -0.428. The van der Waals surface area contributed by atoms with Gasteiger partial charge in [-0.1, -0.05) is 29.3 Å². The number of carboxylic acid groups (broad SMARTS) is 1. The summed E-state index contributed by atoms with van der Waals surface area (Å²) < 4.78 is 6.19. The van der Waals surface area contributed by atoms with E-state index in [-0.39, 0.29) is 5.56 Å². The van der Waals surface area contributed by atoms with Crippen molar-refractivity contribution in [1.82, 2.24) is 0 Å². The van der Waals surface area contributed by atoms with E-state index >= 15 is 0 Å². The maximum absolute atomic E-state index is 10.8. The fraction of sp³-hybridized carbons (Fsp3) is 0.0714. The highest BCUT2D eigenvalue weighted by molar-refractivity contribution is 9.10. The third-order valence-electron chi connectivity index (χ3n) is 2.56. The van der Waals surface area contributed by atoms with E-state index in [2.05, 4.69) is 15.9 Å². The average Bonchev–Trinajstić information content (AvgIpc) is 2.41. The molecule has 0 bridgehead atoms. The minimum Gasteiger partial charge on any atom is -0.488 e. The number of ether oxygens (including phenoxy) is 1. The molecule has 0 saturated heterocycles. The Hall–Kier alpha value is -1.23. The quantitative estimate of drug-likeness (QED) is 0.814. The van der Waals surface area contributed by atoms with Crippen molar-refractivity contribution in [3.8, 4) is 5.75 Å². The first-order valence-corrected chi connectivity index (χ1v) is 7.12. The number of carboxylic acids is 1. The molecule has 0 atom stereocenters. The van der Waals surface area contributed by atoms with Crippen LogP contribution in [0.3, 0.4) is 0 Å². The van der Waals surface area contributed by atoms with E-state index in [1.165, 1.54) is 12.1 Å². The Morgan fingerprint density at radius 2 is 1.90 bits per heavy atom. The van der Waals surface area contributed by atoms with Gasteiger partial charge in [-0.25, -0.2) is 4.79 Å². The zero-order chi connectivity index (χ0) is 14.7. The molecule has 0 aliphatic rings. The minimum atomic E-state index is -0.985. The first-order chi connectivity index (χ1) is 9.47. The molecule has 20 heavy (non-hydrogen) atoms. The van der Waals surface area contributed by atoms with Crippen LogP contribution in [0, 0.1) is 0 Å². The number of aromatic carboxylic acids is 1. The van der Waals surface area contributed by atoms with Crippen molar-refractivity contribution in [2.24, 2.45) is 0 Å². The van der Waals surface area contributed by atoms with Gasteiger partial charge in [0.05, 0.1) is 20.1 Å². The van der Waals surface area contributed by atoms with Crippen LogP contribution in [0.4, 0.5) is 0 Å². The standard InChI is InChI=1S/C14H9BrCl2O3/c15-10-6-9(14(18)19)2-4-13(10)20-7-8-1-3-11(16)12(17)5-8/h1-6H,7H2,(H,18,19). The van der Waals surface area contributed by atoms with Gasteiger partial charge in [0.1, 0.15) is 12.4 Å². The van der Waals surface area contributed by atoms with Crippen molar-refractivity contribution in [1.29, 1.82) is 0 Å². The second-order valence-electron chi connectivity index (χ2n) is 3.99. The van der Waals surface area contributed by atoms with E-state index in [0.717, 1.165) is 5.56 Å². The molecule has 0 saturated carbocycles. The van der Waals surface area contributed by atoms with Crippen LogP contribution in [0.1, 0.15) is 15.9 Å². The SMILES string of the molecule is O=C(O)c1ccc(OCc2ccc(Cl)c(Cl)c2)c(Br)c1. The van der Waals surface area contributed by atoms with Crippen LogP contribution >= 0.6 is 39.1 Å². The number of hydrogen-bond acceptors (Lipinski definition) is 2. The zero-order valence-corrected chi connectivity index (χ0v) is 13.2. The lowest BCUT2D eigenvalue weighted by molar-refractivity contribution is 0.0696. The summed E-state index contributed by atoms with van der Waals surface area (Å²) in [4.78, 5) is 10.8.